The van der Waals surface area contributed by atoms with Crippen LogP contribution in [0.25, 0.3) is 0 Å². The molecule has 128 valence electrons. The summed E-state index contributed by atoms with van der Waals surface area (Å²) in [6, 6.07) is 6.61. The van der Waals surface area contributed by atoms with Crippen LogP contribution in [-0.4, -0.2) is 53.5 Å². The lowest BCUT2D eigenvalue weighted by Crippen LogP contribution is -2.40. The largest absolute Gasteiger partial charge is 0.480 e. The smallest absolute Gasteiger partial charge is 0.320 e. The topological polar surface area (TPSA) is 89.9 Å². The van der Waals surface area contributed by atoms with Crippen LogP contribution < -0.4 is 10.2 Å². The number of nitrogens with zero attached hydrogens (tertiary/aromatic N) is 2. The number of nitrogens with one attached hydrogen (secondary N) is 1. The summed E-state index contributed by atoms with van der Waals surface area (Å²) in [7, 11) is 0. The van der Waals surface area contributed by atoms with Gasteiger partial charge in [0.2, 0.25) is 11.8 Å². The molecule has 1 aromatic carbocycles. The number of carboxylic acid groups (broad SMARTS) is 1. The Morgan fingerprint density at radius 2 is 2.08 bits per heavy atom. The van der Waals surface area contributed by atoms with Crippen LogP contribution in [-0.2, 0) is 14.4 Å². The molecule has 0 bridgehead atoms. The van der Waals surface area contributed by atoms with Crippen molar-refractivity contribution in [3.8, 4) is 0 Å². The van der Waals surface area contributed by atoms with Crippen LogP contribution in [0.5, 0.6) is 0 Å². The van der Waals surface area contributed by atoms with Crippen molar-refractivity contribution in [2.75, 3.05) is 29.9 Å². The summed E-state index contributed by atoms with van der Waals surface area (Å²) >= 11 is 0. The zero-order valence-corrected chi connectivity index (χ0v) is 13.4. The maximum absolute atomic E-state index is 12.2. The minimum atomic E-state index is -0.880. The van der Waals surface area contributed by atoms with Crippen LogP contribution in [0.2, 0.25) is 0 Å². The van der Waals surface area contributed by atoms with Gasteiger partial charge in [-0.1, -0.05) is 6.07 Å². The number of hydrogen-bond acceptors (Lipinski definition) is 4. The molecule has 2 saturated heterocycles. The second-order valence-corrected chi connectivity index (χ2v) is 6.21. The monoisotopic (exact) mass is 331 g/mol. The average molecular weight is 331 g/mol. The number of carbonyl (C=O) groups is 3. The zero-order chi connectivity index (χ0) is 17.1. The van der Waals surface area contributed by atoms with Gasteiger partial charge in [0.05, 0.1) is 6.54 Å². The third-order valence-electron chi connectivity index (χ3n) is 4.51. The van der Waals surface area contributed by atoms with E-state index < -0.39 is 12.0 Å². The lowest BCUT2D eigenvalue weighted by atomic mass is 10.2. The van der Waals surface area contributed by atoms with Crippen LogP contribution in [0.3, 0.4) is 0 Å². The van der Waals surface area contributed by atoms with Crippen LogP contribution in [0.4, 0.5) is 11.4 Å². The summed E-state index contributed by atoms with van der Waals surface area (Å²) in [6.07, 6.45) is 2.77. The summed E-state index contributed by atoms with van der Waals surface area (Å²) in [6.45, 7) is 1.38. The number of benzene rings is 1. The number of carbonyl (C=O) groups excluding carboxylic acids is 2. The number of rotatable bonds is 5. The Bertz CT molecular complexity index is 661. The van der Waals surface area contributed by atoms with Gasteiger partial charge in [0.15, 0.2) is 0 Å². The van der Waals surface area contributed by atoms with Gasteiger partial charge in [-0.05, 0) is 44.0 Å². The van der Waals surface area contributed by atoms with Crippen LogP contribution in [0, 0.1) is 0 Å². The van der Waals surface area contributed by atoms with Crippen molar-refractivity contribution in [2.45, 2.75) is 31.7 Å². The van der Waals surface area contributed by atoms with Gasteiger partial charge in [-0.2, -0.15) is 0 Å². The first-order chi connectivity index (χ1) is 11.5. The zero-order valence-electron chi connectivity index (χ0n) is 13.4. The van der Waals surface area contributed by atoms with Gasteiger partial charge >= 0.3 is 5.97 Å². The maximum atomic E-state index is 12.2. The SMILES string of the molecule is O=C(CN1CCC[C@H]1C(=O)O)Nc1cccc(N2CCCC2=O)c1. The molecule has 0 saturated carbocycles. The number of anilines is 2. The fraction of sp³-hybridized carbons (Fsp3) is 0.471. The molecule has 2 N–H and O–H groups in total. The Kier molecular flexibility index (Phi) is 4.80. The summed E-state index contributed by atoms with van der Waals surface area (Å²) < 4.78 is 0. The lowest BCUT2D eigenvalue weighted by Gasteiger charge is -2.21. The van der Waals surface area contributed by atoms with E-state index in [0.717, 1.165) is 18.5 Å². The van der Waals surface area contributed by atoms with E-state index in [0.29, 0.717) is 31.6 Å². The third-order valence-corrected chi connectivity index (χ3v) is 4.51. The highest BCUT2D eigenvalue weighted by Crippen LogP contribution is 2.24. The quantitative estimate of drug-likeness (QED) is 0.849. The number of amides is 2. The second kappa shape index (κ2) is 7.00. The van der Waals surface area contributed by atoms with Gasteiger partial charge in [-0.25, -0.2) is 0 Å². The van der Waals surface area contributed by atoms with Crippen molar-refractivity contribution in [1.82, 2.24) is 4.90 Å². The predicted molar refractivity (Wildman–Crippen MR) is 88.9 cm³/mol. The molecule has 0 aliphatic carbocycles. The van der Waals surface area contributed by atoms with Crippen molar-refractivity contribution < 1.29 is 19.5 Å². The first-order valence-corrected chi connectivity index (χ1v) is 8.22. The highest BCUT2D eigenvalue weighted by molar-refractivity contribution is 5.97. The summed E-state index contributed by atoms with van der Waals surface area (Å²) in [4.78, 5) is 38.6. The number of carboxylic acids is 1. The summed E-state index contributed by atoms with van der Waals surface area (Å²) in [5.41, 5.74) is 1.39. The molecular formula is C17H21N3O4. The highest BCUT2D eigenvalue weighted by Gasteiger charge is 2.31. The fourth-order valence-electron chi connectivity index (χ4n) is 3.35. The molecular weight excluding hydrogens is 310 g/mol. The Morgan fingerprint density at radius 3 is 2.79 bits per heavy atom. The maximum Gasteiger partial charge on any atom is 0.320 e. The Labute approximate surface area is 140 Å². The van der Waals surface area contributed by atoms with E-state index >= 15 is 0 Å². The molecule has 7 heteroatoms. The minimum absolute atomic E-state index is 0.0594. The molecule has 1 atom stereocenters. The lowest BCUT2D eigenvalue weighted by molar-refractivity contribution is -0.142. The van der Waals surface area contributed by atoms with Crippen molar-refractivity contribution in [1.29, 1.82) is 0 Å². The molecule has 2 amide bonds. The van der Waals surface area contributed by atoms with E-state index in [2.05, 4.69) is 5.32 Å². The molecule has 7 nitrogen and oxygen atoms in total. The van der Waals surface area contributed by atoms with Crippen molar-refractivity contribution in [2.24, 2.45) is 0 Å². The number of likely N-dealkylation sites (tertiary alicyclic amines) is 1. The summed E-state index contributed by atoms with van der Waals surface area (Å²) in [5.74, 6) is -1.03. The second-order valence-electron chi connectivity index (χ2n) is 6.21. The van der Waals surface area contributed by atoms with E-state index in [9.17, 15) is 14.4 Å². The van der Waals surface area contributed by atoms with E-state index in [-0.39, 0.29) is 18.4 Å². The van der Waals surface area contributed by atoms with Crippen LogP contribution >= 0.6 is 0 Å². The van der Waals surface area contributed by atoms with Crippen molar-refractivity contribution >= 4 is 29.2 Å². The molecule has 2 aliphatic heterocycles. The number of hydrogen-bond donors (Lipinski definition) is 2. The fourth-order valence-corrected chi connectivity index (χ4v) is 3.35. The van der Waals surface area contributed by atoms with Crippen LogP contribution in [0.15, 0.2) is 24.3 Å². The predicted octanol–water partition coefficient (Wildman–Crippen LogP) is 1.30. The molecule has 0 aromatic heterocycles. The molecule has 0 spiro atoms. The van der Waals surface area contributed by atoms with Crippen molar-refractivity contribution in [3.05, 3.63) is 24.3 Å². The Hall–Kier alpha value is -2.41. The van der Waals surface area contributed by atoms with E-state index in [1.807, 2.05) is 6.07 Å². The van der Waals surface area contributed by atoms with Gasteiger partial charge in [0.25, 0.3) is 0 Å². The van der Waals surface area contributed by atoms with Crippen molar-refractivity contribution in [3.63, 3.8) is 0 Å². The molecule has 0 unspecified atom stereocenters. The van der Waals surface area contributed by atoms with Gasteiger partial charge in [-0.3, -0.25) is 19.3 Å². The third kappa shape index (κ3) is 3.56. The Balaban J connectivity index is 1.62. The standard InChI is InChI=1S/C17H21N3O4/c21-15(11-19-8-2-6-14(19)17(23)24)18-12-4-1-5-13(10-12)20-9-3-7-16(20)22/h1,4-5,10,14H,2-3,6-9,11H2,(H,18,21)(H,23,24)/t14-/m0/s1. The molecule has 2 aliphatic rings. The molecule has 2 heterocycles. The van der Waals surface area contributed by atoms with Crippen LogP contribution in [0.1, 0.15) is 25.7 Å². The first kappa shape index (κ1) is 16.4. The summed E-state index contributed by atoms with van der Waals surface area (Å²) in [5, 5.41) is 12.0. The van der Waals surface area contributed by atoms with Gasteiger partial charge in [0.1, 0.15) is 6.04 Å². The van der Waals surface area contributed by atoms with E-state index in [1.165, 1.54) is 0 Å². The highest BCUT2D eigenvalue weighted by atomic mass is 16.4. The average Bonchev–Trinajstić information content (AvgIpc) is 3.16. The molecule has 0 radical (unpaired) electrons. The molecule has 3 rings (SSSR count). The number of aliphatic carboxylic acids is 1. The molecule has 2 fully saturated rings. The first-order valence-electron chi connectivity index (χ1n) is 8.22. The van der Waals surface area contributed by atoms with Gasteiger partial charge in [-0.15, -0.1) is 0 Å². The van der Waals surface area contributed by atoms with E-state index in [4.69, 9.17) is 5.11 Å². The van der Waals surface area contributed by atoms with E-state index in [1.54, 1.807) is 28.0 Å². The molecule has 1 aromatic rings. The molecule has 24 heavy (non-hydrogen) atoms. The normalized spacial score (nSPS) is 21.2. The minimum Gasteiger partial charge on any atom is -0.480 e. The van der Waals surface area contributed by atoms with Gasteiger partial charge in [0, 0.05) is 24.3 Å². The Morgan fingerprint density at radius 1 is 1.25 bits per heavy atom. The van der Waals surface area contributed by atoms with Gasteiger partial charge < -0.3 is 15.3 Å².